The third-order valence-electron chi connectivity index (χ3n) is 3.69. The molecule has 1 N–H and O–H groups in total. The minimum Gasteiger partial charge on any atom is -0.478 e. The van der Waals surface area contributed by atoms with Gasteiger partial charge in [0, 0.05) is 12.3 Å². The monoisotopic (exact) mass is 305 g/mol. The van der Waals surface area contributed by atoms with Crippen LogP contribution in [0.4, 0.5) is 4.79 Å². The number of pyridine rings is 1. The number of ether oxygens (including phenoxy) is 1. The van der Waals surface area contributed by atoms with E-state index in [9.17, 15) is 9.59 Å². The quantitative estimate of drug-likeness (QED) is 0.786. The zero-order valence-electron chi connectivity index (χ0n) is 13.4. The molecule has 1 aromatic heterocycles. The first-order valence-corrected chi connectivity index (χ1v) is 7.72. The summed E-state index contributed by atoms with van der Waals surface area (Å²) in [4.78, 5) is 29.9. The summed E-state index contributed by atoms with van der Waals surface area (Å²) in [6, 6.07) is 3.25. The average Bonchev–Trinajstić information content (AvgIpc) is 2.70. The lowest BCUT2D eigenvalue weighted by Crippen LogP contribution is -2.43. The van der Waals surface area contributed by atoms with E-state index in [1.54, 1.807) is 19.2 Å². The van der Waals surface area contributed by atoms with Crippen molar-refractivity contribution >= 4 is 11.9 Å². The van der Waals surface area contributed by atoms with Crippen molar-refractivity contribution in [3.63, 3.8) is 0 Å². The Morgan fingerprint density at radius 2 is 2.05 bits per heavy atom. The molecule has 1 fully saturated rings. The number of nitrogens with zero attached hydrogens (tertiary/aromatic N) is 2. The third-order valence-corrected chi connectivity index (χ3v) is 3.69. The summed E-state index contributed by atoms with van der Waals surface area (Å²) in [5, 5.41) is 2.78. The summed E-state index contributed by atoms with van der Waals surface area (Å²) >= 11 is 0. The molecule has 2 heterocycles. The first-order chi connectivity index (χ1) is 10.5. The Hall–Kier alpha value is -2.11. The zero-order chi connectivity index (χ0) is 16.2. The summed E-state index contributed by atoms with van der Waals surface area (Å²) in [6.07, 6.45) is 4.03. The van der Waals surface area contributed by atoms with Crippen LogP contribution in [0.25, 0.3) is 0 Å². The van der Waals surface area contributed by atoms with Crippen molar-refractivity contribution in [3.8, 4) is 5.88 Å². The number of hydrogen-bond acceptors (Lipinski definition) is 4. The molecule has 1 saturated heterocycles. The summed E-state index contributed by atoms with van der Waals surface area (Å²) in [6.45, 7) is 6.64. The summed E-state index contributed by atoms with van der Waals surface area (Å²) < 4.78 is 5.42. The van der Waals surface area contributed by atoms with Crippen LogP contribution in [0, 0.1) is 0 Å². The normalized spacial score (nSPS) is 21.1. The van der Waals surface area contributed by atoms with Crippen LogP contribution >= 0.6 is 0 Å². The fourth-order valence-electron chi connectivity index (χ4n) is 2.54. The Bertz CT molecular complexity index is 544. The van der Waals surface area contributed by atoms with Gasteiger partial charge in [0.05, 0.1) is 13.2 Å². The molecule has 3 amide bonds. The Morgan fingerprint density at radius 3 is 2.64 bits per heavy atom. The van der Waals surface area contributed by atoms with E-state index in [1.807, 2.05) is 19.9 Å². The van der Waals surface area contributed by atoms with Crippen molar-refractivity contribution in [1.82, 2.24) is 15.2 Å². The smallest absolute Gasteiger partial charge is 0.325 e. The summed E-state index contributed by atoms with van der Waals surface area (Å²) in [5.74, 6) is 0.379. The molecule has 1 atom stereocenters. The number of amides is 3. The maximum Gasteiger partial charge on any atom is 0.325 e. The zero-order valence-corrected chi connectivity index (χ0v) is 13.4. The van der Waals surface area contributed by atoms with Gasteiger partial charge < -0.3 is 10.1 Å². The van der Waals surface area contributed by atoms with Crippen molar-refractivity contribution < 1.29 is 14.3 Å². The molecular formula is C16H23N3O3. The van der Waals surface area contributed by atoms with Crippen LogP contribution in [0.3, 0.4) is 0 Å². The van der Waals surface area contributed by atoms with Crippen molar-refractivity contribution in [2.75, 3.05) is 6.61 Å². The largest absolute Gasteiger partial charge is 0.478 e. The van der Waals surface area contributed by atoms with E-state index >= 15 is 0 Å². The fourth-order valence-corrected chi connectivity index (χ4v) is 2.54. The predicted molar refractivity (Wildman–Crippen MR) is 82.4 cm³/mol. The van der Waals surface area contributed by atoms with Crippen molar-refractivity contribution in [1.29, 1.82) is 0 Å². The van der Waals surface area contributed by atoms with Gasteiger partial charge in [-0.3, -0.25) is 9.69 Å². The molecule has 6 nitrogen and oxygen atoms in total. The van der Waals surface area contributed by atoms with Gasteiger partial charge >= 0.3 is 6.03 Å². The van der Waals surface area contributed by atoms with Gasteiger partial charge in [-0.2, -0.15) is 0 Å². The lowest BCUT2D eigenvalue weighted by molar-refractivity contribution is -0.131. The number of rotatable bonds is 7. The van der Waals surface area contributed by atoms with Gasteiger partial charge in [0.1, 0.15) is 5.54 Å². The molecule has 120 valence electrons. The Morgan fingerprint density at radius 1 is 1.27 bits per heavy atom. The van der Waals surface area contributed by atoms with Crippen LogP contribution in [0.5, 0.6) is 5.88 Å². The van der Waals surface area contributed by atoms with Gasteiger partial charge in [0.15, 0.2) is 0 Å². The van der Waals surface area contributed by atoms with Crippen LogP contribution in [0.15, 0.2) is 18.3 Å². The van der Waals surface area contributed by atoms with E-state index in [0.717, 1.165) is 18.4 Å². The molecule has 0 radical (unpaired) electrons. The number of urea groups is 1. The number of carbonyl (C=O) groups is 2. The fraction of sp³-hybridized carbons (Fsp3) is 0.562. The molecule has 0 unspecified atom stereocenters. The molecule has 0 saturated carbocycles. The lowest BCUT2D eigenvalue weighted by atomic mass is 9.96. The molecule has 1 aliphatic heterocycles. The van der Waals surface area contributed by atoms with E-state index in [0.29, 0.717) is 18.9 Å². The van der Waals surface area contributed by atoms with Gasteiger partial charge in [-0.25, -0.2) is 9.78 Å². The van der Waals surface area contributed by atoms with Gasteiger partial charge in [0.25, 0.3) is 5.91 Å². The van der Waals surface area contributed by atoms with E-state index in [1.165, 1.54) is 4.90 Å². The van der Waals surface area contributed by atoms with Crippen LogP contribution in [0.1, 0.15) is 45.6 Å². The highest BCUT2D eigenvalue weighted by Gasteiger charge is 2.46. The molecule has 1 aliphatic rings. The number of aromatic nitrogens is 1. The van der Waals surface area contributed by atoms with Crippen LogP contribution in [-0.2, 0) is 11.3 Å². The highest BCUT2D eigenvalue weighted by atomic mass is 16.5. The molecule has 0 bridgehead atoms. The Balaban J connectivity index is 2.04. The van der Waals surface area contributed by atoms with E-state index in [2.05, 4.69) is 10.3 Å². The summed E-state index contributed by atoms with van der Waals surface area (Å²) in [7, 11) is 0. The number of hydrogen-bond donors (Lipinski definition) is 1. The highest BCUT2D eigenvalue weighted by molar-refractivity contribution is 6.06. The number of imide groups is 1. The molecule has 0 aromatic carbocycles. The Labute approximate surface area is 130 Å². The van der Waals surface area contributed by atoms with Crippen molar-refractivity contribution in [2.24, 2.45) is 0 Å². The average molecular weight is 305 g/mol. The van der Waals surface area contributed by atoms with E-state index in [4.69, 9.17) is 4.74 Å². The van der Waals surface area contributed by atoms with Gasteiger partial charge in [-0.05, 0) is 25.3 Å². The molecule has 1 aromatic rings. The van der Waals surface area contributed by atoms with Gasteiger partial charge in [-0.1, -0.05) is 26.3 Å². The first-order valence-electron chi connectivity index (χ1n) is 7.72. The third kappa shape index (κ3) is 3.37. The molecule has 2 rings (SSSR count). The SMILES string of the molecule is CCCOc1ccc(CN2C(=O)N[C@](C)(CCC)C2=O)cn1. The lowest BCUT2D eigenvalue weighted by Gasteiger charge is -2.20. The van der Waals surface area contributed by atoms with Crippen LogP contribution < -0.4 is 10.1 Å². The maximum atomic E-state index is 12.4. The topological polar surface area (TPSA) is 71.5 Å². The first kappa shape index (κ1) is 16.3. The van der Waals surface area contributed by atoms with Crippen LogP contribution in [-0.4, -0.2) is 34.0 Å². The minimum absolute atomic E-state index is 0.175. The van der Waals surface area contributed by atoms with Crippen molar-refractivity contribution in [2.45, 2.75) is 52.1 Å². The van der Waals surface area contributed by atoms with Gasteiger partial charge in [-0.15, -0.1) is 0 Å². The number of nitrogens with one attached hydrogen (secondary N) is 1. The van der Waals surface area contributed by atoms with Crippen molar-refractivity contribution in [3.05, 3.63) is 23.9 Å². The second kappa shape index (κ2) is 6.77. The molecular weight excluding hydrogens is 282 g/mol. The van der Waals surface area contributed by atoms with Crippen LogP contribution in [0.2, 0.25) is 0 Å². The second-order valence-electron chi connectivity index (χ2n) is 5.76. The second-order valence-corrected chi connectivity index (χ2v) is 5.76. The van der Waals surface area contributed by atoms with E-state index in [-0.39, 0.29) is 18.5 Å². The number of carbonyl (C=O) groups excluding carboxylic acids is 2. The van der Waals surface area contributed by atoms with Gasteiger partial charge in [0.2, 0.25) is 5.88 Å². The predicted octanol–water partition coefficient (Wildman–Crippen LogP) is 2.48. The minimum atomic E-state index is -0.788. The summed E-state index contributed by atoms with van der Waals surface area (Å²) in [5.41, 5.74) is 0.0109. The molecule has 22 heavy (non-hydrogen) atoms. The Kier molecular flexibility index (Phi) is 5.00. The molecule has 0 spiro atoms. The molecule has 6 heteroatoms. The maximum absolute atomic E-state index is 12.4. The highest BCUT2D eigenvalue weighted by Crippen LogP contribution is 2.24. The van der Waals surface area contributed by atoms with E-state index < -0.39 is 5.54 Å². The molecule has 0 aliphatic carbocycles. The standard InChI is InChI=1S/C16H23N3O3/c1-4-8-16(3)14(20)19(15(21)18-16)11-12-6-7-13(17-10-12)22-9-5-2/h6-7,10H,4-5,8-9,11H2,1-3H3,(H,18,21)/t16-/m1/s1.